The monoisotopic (exact) mass is 318 g/mol. The van der Waals surface area contributed by atoms with Gasteiger partial charge in [-0.05, 0) is 18.9 Å². The van der Waals surface area contributed by atoms with Gasteiger partial charge in [0.05, 0.1) is 19.3 Å². The summed E-state index contributed by atoms with van der Waals surface area (Å²) in [6, 6.07) is 5.83. The van der Waals surface area contributed by atoms with Crippen LogP contribution in [0.1, 0.15) is 29.8 Å². The van der Waals surface area contributed by atoms with Crippen LogP contribution in [0.25, 0.3) is 10.8 Å². The molecule has 0 amide bonds. The van der Waals surface area contributed by atoms with E-state index in [1.807, 2.05) is 25.1 Å². The molecule has 5 heteroatoms. The van der Waals surface area contributed by atoms with Crippen LogP contribution in [0.2, 0.25) is 0 Å². The molecule has 2 aromatic rings. The number of hydrogen-bond acceptors (Lipinski definition) is 5. The number of benzene rings is 2. The predicted octanol–water partition coefficient (Wildman–Crippen LogP) is 3.60. The molecule has 0 unspecified atom stereocenters. The number of hydrogen-bond donors (Lipinski definition) is 0. The molecule has 0 saturated heterocycles. The zero-order valence-corrected chi connectivity index (χ0v) is 14.0. The quantitative estimate of drug-likeness (QED) is 0.550. The molecule has 0 aliphatic rings. The Morgan fingerprint density at radius 1 is 1.04 bits per heavy atom. The predicted molar refractivity (Wildman–Crippen MR) is 88.9 cm³/mol. The van der Waals surface area contributed by atoms with Crippen LogP contribution in [0, 0.1) is 0 Å². The maximum absolute atomic E-state index is 11.7. The molecule has 124 valence electrons. The second kappa shape index (κ2) is 7.83. The first kappa shape index (κ1) is 17.1. The van der Waals surface area contributed by atoms with Crippen molar-refractivity contribution >= 4 is 17.1 Å². The van der Waals surface area contributed by atoms with Crippen LogP contribution in [0.5, 0.6) is 17.2 Å². The van der Waals surface area contributed by atoms with Gasteiger partial charge in [-0.25, -0.2) is 0 Å². The molecule has 0 saturated carbocycles. The first-order valence-electron chi connectivity index (χ1n) is 7.58. The minimum Gasteiger partial charge on any atom is -0.490 e. The Hall–Kier alpha value is -2.27. The lowest BCUT2D eigenvalue weighted by Gasteiger charge is -2.20. The summed E-state index contributed by atoms with van der Waals surface area (Å²) in [5, 5.41) is 1.64. The lowest BCUT2D eigenvalue weighted by atomic mass is 9.96. The molecular weight excluding hydrogens is 296 g/mol. The highest BCUT2D eigenvalue weighted by molar-refractivity contribution is 6.07. The Bertz CT molecular complexity index is 694. The van der Waals surface area contributed by atoms with Gasteiger partial charge in [-0.15, -0.1) is 0 Å². The zero-order chi connectivity index (χ0) is 16.8. The molecule has 0 radical (unpaired) electrons. The Balaban J connectivity index is 2.92. The Morgan fingerprint density at radius 2 is 1.83 bits per heavy atom. The minimum atomic E-state index is 0.0789. The number of carbonyl (C=O) groups is 1. The van der Waals surface area contributed by atoms with Gasteiger partial charge in [0, 0.05) is 17.9 Å². The summed E-state index contributed by atoms with van der Waals surface area (Å²) in [5.74, 6) is 1.35. The number of methoxy groups -OCH3 is 2. The van der Waals surface area contributed by atoms with Crippen molar-refractivity contribution in [3.63, 3.8) is 0 Å². The third kappa shape index (κ3) is 3.10. The van der Waals surface area contributed by atoms with Crippen molar-refractivity contribution in [3.8, 4) is 17.2 Å². The zero-order valence-electron chi connectivity index (χ0n) is 14.0. The molecule has 5 nitrogen and oxygen atoms in total. The second-order valence-electron chi connectivity index (χ2n) is 4.90. The van der Waals surface area contributed by atoms with Gasteiger partial charge < -0.3 is 18.9 Å². The van der Waals surface area contributed by atoms with Crippen molar-refractivity contribution in [1.29, 1.82) is 0 Å². The summed E-state index contributed by atoms with van der Waals surface area (Å²) in [7, 11) is 3.09. The SMILES string of the molecule is CCOc1c(OC)c(OCOC)c2c(CC)cccc2c1C=O. The molecule has 0 aromatic heterocycles. The molecule has 0 heterocycles. The molecule has 0 aliphatic heterocycles. The molecule has 0 aliphatic carbocycles. The van der Waals surface area contributed by atoms with Gasteiger partial charge in [-0.3, -0.25) is 4.79 Å². The summed E-state index contributed by atoms with van der Waals surface area (Å²) < 4.78 is 22.0. The molecular formula is C18H22O5. The van der Waals surface area contributed by atoms with E-state index in [0.29, 0.717) is 29.4 Å². The first-order chi connectivity index (χ1) is 11.2. The number of aldehydes is 1. The van der Waals surface area contributed by atoms with Crippen molar-refractivity contribution in [2.24, 2.45) is 0 Å². The van der Waals surface area contributed by atoms with E-state index in [9.17, 15) is 4.79 Å². The molecule has 0 bridgehead atoms. The normalized spacial score (nSPS) is 10.6. The van der Waals surface area contributed by atoms with Crippen molar-refractivity contribution in [1.82, 2.24) is 0 Å². The van der Waals surface area contributed by atoms with Gasteiger partial charge >= 0.3 is 0 Å². The fraction of sp³-hybridized carbons (Fsp3) is 0.389. The highest BCUT2D eigenvalue weighted by Crippen LogP contribution is 2.47. The molecule has 0 atom stereocenters. The Morgan fingerprint density at radius 3 is 2.39 bits per heavy atom. The van der Waals surface area contributed by atoms with E-state index in [2.05, 4.69) is 6.92 Å². The topological polar surface area (TPSA) is 54.0 Å². The van der Waals surface area contributed by atoms with Gasteiger partial charge in [0.15, 0.2) is 24.6 Å². The molecule has 2 rings (SSSR count). The van der Waals surface area contributed by atoms with E-state index in [1.165, 1.54) is 7.11 Å². The lowest BCUT2D eigenvalue weighted by Crippen LogP contribution is -2.07. The first-order valence-corrected chi connectivity index (χ1v) is 7.58. The number of fused-ring (bicyclic) bond motifs is 1. The number of aryl methyl sites for hydroxylation is 1. The third-order valence-corrected chi connectivity index (χ3v) is 3.64. The van der Waals surface area contributed by atoms with E-state index in [0.717, 1.165) is 29.0 Å². The van der Waals surface area contributed by atoms with E-state index in [1.54, 1.807) is 7.11 Å². The molecule has 2 aromatic carbocycles. The smallest absolute Gasteiger partial charge is 0.204 e. The van der Waals surface area contributed by atoms with Gasteiger partial charge in [-0.2, -0.15) is 0 Å². The van der Waals surface area contributed by atoms with Crippen LogP contribution < -0.4 is 14.2 Å². The molecule has 0 spiro atoms. The van der Waals surface area contributed by atoms with E-state index in [4.69, 9.17) is 18.9 Å². The summed E-state index contributed by atoms with van der Waals surface area (Å²) in [6.07, 6.45) is 1.60. The van der Waals surface area contributed by atoms with Gasteiger partial charge in [0.1, 0.15) is 0 Å². The maximum Gasteiger partial charge on any atom is 0.204 e. The number of carbonyl (C=O) groups excluding carboxylic acids is 1. The fourth-order valence-corrected chi connectivity index (χ4v) is 2.69. The lowest BCUT2D eigenvalue weighted by molar-refractivity contribution is 0.0500. The second-order valence-corrected chi connectivity index (χ2v) is 4.90. The Kier molecular flexibility index (Phi) is 5.82. The summed E-state index contributed by atoms with van der Waals surface area (Å²) in [4.78, 5) is 11.7. The van der Waals surface area contributed by atoms with Gasteiger partial charge in [-0.1, -0.05) is 25.1 Å². The highest BCUT2D eigenvalue weighted by atomic mass is 16.7. The van der Waals surface area contributed by atoms with Crippen LogP contribution in [0.3, 0.4) is 0 Å². The van der Waals surface area contributed by atoms with Crippen LogP contribution in [0.4, 0.5) is 0 Å². The van der Waals surface area contributed by atoms with E-state index >= 15 is 0 Å². The average Bonchev–Trinajstić information content (AvgIpc) is 2.59. The summed E-state index contributed by atoms with van der Waals surface area (Å²) >= 11 is 0. The molecule has 0 N–H and O–H groups in total. The highest BCUT2D eigenvalue weighted by Gasteiger charge is 2.24. The standard InChI is InChI=1S/C18H22O5/c1-5-12-8-7-9-13-14(10-19)16(22-6-2)18(21-4)17(15(12)13)23-11-20-3/h7-10H,5-6,11H2,1-4H3. The van der Waals surface area contributed by atoms with Crippen molar-refractivity contribution in [2.45, 2.75) is 20.3 Å². The van der Waals surface area contributed by atoms with Crippen molar-refractivity contribution in [2.75, 3.05) is 27.6 Å². The van der Waals surface area contributed by atoms with Gasteiger partial charge in [0.2, 0.25) is 5.75 Å². The molecule has 0 fully saturated rings. The Labute approximate surface area is 136 Å². The van der Waals surface area contributed by atoms with Crippen LogP contribution in [0.15, 0.2) is 18.2 Å². The average molecular weight is 318 g/mol. The van der Waals surface area contributed by atoms with Crippen LogP contribution in [-0.4, -0.2) is 33.9 Å². The third-order valence-electron chi connectivity index (χ3n) is 3.64. The molecule has 23 heavy (non-hydrogen) atoms. The summed E-state index contributed by atoms with van der Waals surface area (Å²) in [5.41, 5.74) is 1.54. The van der Waals surface area contributed by atoms with Crippen LogP contribution >= 0.6 is 0 Å². The minimum absolute atomic E-state index is 0.0789. The van der Waals surface area contributed by atoms with Crippen molar-refractivity contribution in [3.05, 3.63) is 29.3 Å². The maximum atomic E-state index is 11.7. The van der Waals surface area contributed by atoms with Crippen molar-refractivity contribution < 1.29 is 23.7 Å². The van der Waals surface area contributed by atoms with Crippen LogP contribution in [-0.2, 0) is 11.2 Å². The largest absolute Gasteiger partial charge is 0.490 e. The number of ether oxygens (including phenoxy) is 4. The van der Waals surface area contributed by atoms with E-state index < -0.39 is 0 Å². The van der Waals surface area contributed by atoms with Gasteiger partial charge in [0.25, 0.3) is 0 Å². The van der Waals surface area contributed by atoms with E-state index in [-0.39, 0.29) is 6.79 Å². The fourth-order valence-electron chi connectivity index (χ4n) is 2.69. The number of rotatable bonds is 8. The summed E-state index contributed by atoms with van der Waals surface area (Å²) in [6.45, 7) is 4.41.